The highest BCUT2D eigenvalue weighted by Crippen LogP contribution is 2.20. The lowest BCUT2D eigenvalue weighted by Crippen LogP contribution is -2.14. The van der Waals surface area contributed by atoms with Crippen molar-refractivity contribution in [3.05, 3.63) is 58.1 Å². The minimum atomic E-state index is -0.245. The number of aliphatic hydroxyl groups is 1. The molecule has 5 heteroatoms. The molecular formula is C15H15BrN2O2. The van der Waals surface area contributed by atoms with Gasteiger partial charge in [0.05, 0.1) is 5.56 Å². The zero-order valence-corrected chi connectivity index (χ0v) is 12.4. The van der Waals surface area contributed by atoms with Gasteiger partial charge in [0.15, 0.2) is 0 Å². The van der Waals surface area contributed by atoms with Gasteiger partial charge in [-0.25, -0.2) is 0 Å². The first-order valence-corrected chi connectivity index (χ1v) is 6.95. The van der Waals surface area contributed by atoms with E-state index >= 15 is 0 Å². The summed E-state index contributed by atoms with van der Waals surface area (Å²) in [6, 6.07) is 12.5. The Hall–Kier alpha value is -1.85. The Kier molecular flexibility index (Phi) is 4.76. The third kappa shape index (κ3) is 3.59. The number of anilines is 2. The molecule has 0 fully saturated rings. The van der Waals surface area contributed by atoms with Gasteiger partial charge < -0.3 is 16.2 Å². The van der Waals surface area contributed by atoms with Gasteiger partial charge in [-0.1, -0.05) is 28.1 Å². The van der Waals surface area contributed by atoms with Crippen molar-refractivity contribution >= 4 is 33.2 Å². The molecule has 0 bridgehead atoms. The van der Waals surface area contributed by atoms with E-state index in [0.29, 0.717) is 23.4 Å². The molecule has 0 spiro atoms. The first-order valence-electron chi connectivity index (χ1n) is 6.16. The van der Waals surface area contributed by atoms with Gasteiger partial charge in [-0.15, -0.1) is 0 Å². The van der Waals surface area contributed by atoms with Crippen molar-refractivity contribution in [1.29, 1.82) is 0 Å². The van der Waals surface area contributed by atoms with Gasteiger partial charge in [0, 0.05) is 22.5 Å². The number of hydrogen-bond acceptors (Lipinski definition) is 3. The van der Waals surface area contributed by atoms with Crippen molar-refractivity contribution in [3.63, 3.8) is 0 Å². The highest BCUT2D eigenvalue weighted by atomic mass is 79.9. The predicted octanol–water partition coefficient (Wildman–Crippen LogP) is 2.82. The fourth-order valence-electron chi connectivity index (χ4n) is 1.82. The zero-order valence-electron chi connectivity index (χ0n) is 10.8. The van der Waals surface area contributed by atoms with E-state index in [0.717, 1.165) is 10.0 Å². The lowest BCUT2D eigenvalue weighted by molar-refractivity contribution is 0.102. The summed E-state index contributed by atoms with van der Waals surface area (Å²) in [5.41, 5.74) is 8.40. The second-order valence-corrected chi connectivity index (χ2v) is 5.27. The number of carbonyl (C=O) groups is 1. The topological polar surface area (TPSA) is 75.4 Å². The van der Waals surface area contributed by atoms with Crippen LogP contribution in [0.3, 0.4) is 0 Å². The van der Waals surface area contributed by atoms with E-state index in [1.54, 1.807) is 30.3 Å². The van der Waals surface area contributed by atoms with Crippen LogP contribution in [0.4, 0.5) is 11.4 Å². The molecule has 2 aromatic carbocycles. The largest absolute Gasteiger partial charge is 0.398 e. The van der Waals surface area contributed by atoms with Crippen LogP contribution in [0.25, 0.3) is 0 Å². The van der Waals surface area contributed by atoms with Crippen LogP contribution in [-0.2, 0) is 6.42 Å². The van der Waals surface area contributed by atoms with Crippen LogP contribution in [0.1, 0.15) is 15.9 Å². The molecule has 2 rings (SSSR count). The van der Waals surface area contributed by atoms with Gasteiger partial charge in [0.25, 0.3) is 5.91 Å². The lowest BCUT2D eigenvalue weighted by atomic mass is 10.1. The molecule has 0 aliphatic carbocycles. The second kappa shape index (κ2) is 6.54. The van der Waals surface area contributed by atoms with Gasteiger partial charge in [0.2, 0.25) is 0 Å². The molecule has 2 aromatic rings. The van der Waals surface area contributed by atoms with Crippen molar-refractivity contribution in [3.8, 4) is 0 Å². The summed E-state index contributed by atoms with van der Waals surface area (Å²) in [6.07, 6.45) is 0.605. The van der Waals surface area contributed by atoms with Crippen molar-refractivity contribution in [2.75, 3.05) is 17.7 Å². The van der Waals surface area contributed by atoms with E-state index in [-0.39, 0.29) is 12.5 Å². The van der Waals surface area contributed by atoms with Crippen LogP contribution in [0.15, 0.2) is 46.9 Å². The maximum atomic E-state index is 12.1. The Bertz CT molecular complexity index is 612. The predicted molar refractivity (Wildman–Crippen MR) is 83.7 cm³/mol. The molecule has 0 heterocycles. The maximum absolute atomic E-state index is 12.1. The SMILES string of the molecule is Nc1cc(Br)ccc1C(=O)Nc1ccc(CCO)cc1. The van der Waals surface area contributed by atoms with Crippen molar-refractivity contribution in [2.45, 2.75) is 6.42 Å². The first-order chi connectivity index (χ1) is 9.60. The normalized spacial score (nSPS) is 10.3. The highest BCUT2D eigenvalue weighted by molar-refractivity contribution is 9.10. The molecule has 0 radical (unpaired) electrons. The minimum absolute atomic E-state index is 0.112. The molecule has 0 unspecified atom stereocenters. The molecule has 0 aliphatic heterocycles. The van der Waals surface area contributed by atoms with E-state index in [1.807, 2.05) is 12.1 Å². The summed E-state index contributed by atoms with van der Waals surface area (Å²) in [7, 11) is 0. The lowest BCUT2D eigenvalue weighted by Gasteiger charge is -2.08. The number of nitrogens with one attached hydrogen (secondary N) is 1. The molecule has 104 valence electrons. The van der Waals surface area contributed by atoms with E-state index < -0.39 is 0 Å². The van der Waals surface area contributed by atoms with Crippen LogP contribution in [0, 0.1) is 0 Å². The summed E-state index contributed by atoms with van der Waals surface area (Å²) < 4.78 is 0.833. The number of aliphatic hydroxyl groups excluding tert-OH is 1. The van der Waals surface area contributed by atoms with Gasteiger partial charge in [-0.3, -0.25) is 4.79 Å². The average molecular weight is 335 g/mol. The highest BCUT2D eigenvalue weighted by Gasteiger charge is 2.10. The number of rotatable bonds is 4. The molecule has 0 saturated carbocycles. The summed E-state index contributed by atoms with van der Waals surface area (Å²) in [5, 5.41) is 11.6. The van der Waals surface area contributed by atoms with Gasteiger partial charge in [-0.05, 0) is 42.3 Å². The average Bonchev–Trinajstić information content (AvgIpc) is 2.41. The molecule has 0 saturated heterocycles. The Morgan fingerprint density at radius 2 is 1.90 bits per heavy atom. The first kappa shape index (κ1) is 14.6. The Morgan fingerprint density at radius 3 is 2.50 bits per heavy atom. The number of nitrogens with two attached hydrogens (primary N) is 1. The summed E-state index contributed by atoms with van der Waals surface area (Å²) >= 11 is 3.30. The molecule has 0 atom stereocenters. The zero-order chi connectivity index (χ0) is 14.5. The molecular weight excluding hydrogens is 320 g/mol. The Morgan fingerprint density at radius 1 is 1.20 bits per heavy atom. The van der Waals surface area contributed by atoms with Crippen molar-refractivity contribution < 1.29 is 9.90 Å². The standard InChI is InChI=1S/C15H15BrN2O2/c16-11-3-6-13(14(17)9-11)15(20)18-12-4-1-10(2-5-12)7-8-19/h1-6,9,19H,7-8,17H2,(H,18,20). The Labute approximate surface area is 125 Å². The number of nitrogen functional groups attached to an aromatic ring is 1. The molecule has 0 aromatic heterocycles. The van der Waals surface area contributed by atoms with Crippen LogP contribution in [0.2, 0.25) is 0 Å². The minimum Gasteiger partial charge on any atom is -0.398 e. The summed E-state index contributed by atoms with van der Waals surface area (Å²) in [4.78, 5) is 12.1. The number of hydrogen-bond donors (Lipinski definition) is 3. The van der Waals surface area contributed by atoms with E-state index in [4.69, 9.17) is 10.8 Å². The van der Waals surface area contributed by atoms with Gasteiger partial charge >= 0.3 is 0 Å². The maximum Gasteiger partial charge on any atom is 0.257 e. The molecule has 4 nitrogen and oxygen atoms in total. The van der Waals surface area contributed by atoms with Crippen LogP contribution in [0.5, 0.6) is 0 Å². The third-order valence-corrected chi connectivity index (χ3v) is 3.36. The molecule has 4 N–H and O–H groups in total. The van der Waals surface area contributed by atoms with Crippen LogP contribution in [-0.4, -0.2) is 17.6 Å². The fraction of sp³-hybridized carbons (Fsp3) is 0.133. The van der Waals surface area contributed by atoms with E-state index in [1.165, 1.54) is 0 Å². The van der Waals surface area contributed by atoms with Crippen LogP contribution >= 0.6 is 15.9 Å². The molecule has 20 heavy (non-hydrogen) atoms. The molecule has 1 amide bonds. The third-order valence-electron chi connectivity index (χ3n) is 2.87. The molecule has 0 aliphatic rings. The number of amides is 1. The van der Waals surface area contributed by atoms with Gasteiger partial charge in [0.1, 0.15) is 0 Å². The fourth-order valence-corrected chi connectivity index (χ4v) is 2.20. The van der Waals surface area contributed by atoms with E-state index in [9.17, 15) is 4.79 Å². The van der Waals surface area contributed by atoms with Crippen LogP contribution < -0.4 is 11.1 Å². The smallest absolute Gasteiger partial charge is 0.257 e. The van der Waals surface area contributed by atoms with Gasteiger partial charge in [-0.2, -0.15) is 0 Å². The van der Waals surface area contributed by atoms with Crippen molar-refractivity contribution in [2.24, 2.45) is 0 Å². The quantitative estimate of drug-likeness (QED) is 0.752. The second-order valence-electron chi connectivity index (χ2n) is 4.36. The van der Waals surface area contributed by atoms with Crippen molar-refractivity contribution in [1.82, 2.24) is 0 Å². The monoisotopic (exact) mass is 334 g/mol. The number of carbonyl (C=O) groups excluding carboxylic acids is 1. The number of benzene rings is 2. The number of halogens is 1. The Balaban J connectivity index is 2.11. The van der Waals surface area contributed by atoms with E-state index in [2.05, 4.69) is 21.2 Å². The summed E-state index contributed by atoms with van der Waals surface area (Å²) in [6.45, 7) is 0.112. The summed E-state index contributed by atoms with van der Waals surface area (Å²) in [5.74, 6) is -0.245.